The summed E-state index contributed by atoms with van der Waals surface area (Å²) in [5, 5.41) is 13.6. The number of aromatic nitrogens is 1. The number of aliphatic hydroxyl groups is 1. The molecule has 1 aromatic heterocycles. The Morgan fingerprint density at radius 3 is 2.52 bits per heavy atom. The Balaban J connectivity index is 1.90. The molecule has 1 unspecified atom stereocenters. The molecule has 5 nitrogen and oxygen atoms in total. The first-order valence-electron chi connectivity index (χ1n) is 7.55. The summed E-state index contributed by atoms with van der Waals surface area (Å²) in [4.78, 5) is 6.34. The minimum atomic E-state index is -0.835. The third-order valence-corrected chi connectivity index (χ3v) is 3.44. The highest BCUT2D eigenvalue weighted by Gasteiger charge is 2.30. The number of aliphatic hydroxyl groups excluding tert-OH is 1. The van der Waals surface area contributed by atoms with Crippen molar-refractivity contribution in [1.29, 1.82) is 0 Å². The largest absolute Gasteiger partial charge is 0.381 e. The molecule has 1 aromatic rings. The smallest absolute Gasteiger partial charge is 0.216 e. The predicted molar refractivity (Wildman–Crippen MR) is 84.2 cm³/mol. The molecule has 1 saturated heterocycles. The Kier molecular flexibility index (Phi) is 4.86. The summed E-state index contributed by atoms with van der Waals surface area (Å²) in [6, 6.07) is 4.43. The summed E-state index contributed by atoms with van der Waals surface area (Å²) in [6.07, 6.45) is 0.156. The predicted octanol–water partition coefficient (Wildman–Crippen LogP) is 2.28. The first kappa shape index (κ1) is 16.2. The van der Waals surface area contributed by atoms with Crippen LogP contribution in [0.25, 0.3) is 0 Å². The van der Waals surface area contributed by atoms with Crippen LogP contribution in [-0.4, -0.2) is 46.1 Å². The number of pyridine rings is 1. The fraction of sp³-hybridized carbons (Fsp3) is 0.688. The number of nitrogens with one attached hydrogen (secondary N) is 1. The van der Waals surface area contributed by atoms with Crippen LogP contribution in [0.3, 0.4) is 0 Å². The van der Waals surface area contributed by atoms with E-state index in [0.29, 0.717) is 6.04 Å². The summed E-state index contributed by atoms with van der Waals surface area (Å²) < 4.78 is 5.60. The Morgan fingerprint density at radius 1 is 1.33 bits per heavy atom. The average Bonchev–Trinajstić information content (AvgIpc) is 2.73. The van der Waals surface area contributed by atoms with Crippen LogP contribution >= 0.6 is 0 Å². The van der Waals surface area contributed by atoms with E-state index >= 15 is 0 Å². The third-order valence-electron chi connectivity index (χ3n) is 3.44. The summed E-state index contributed by atoms with van der Waals surface area (Å²) in [7, 11) is 0. The monoisotopic (exact) mass is 293 g/mol. The molecule has 0 spiro atoms. The van der Waals surface area contributed by atoms with Crippen LogP contribution in [0.2, 0.25) is 0 Å². The fourth-order valence-electron chi connectivity index (χ4n) is 2.65. The first-order valence-corrected chi connectivity index (χ1v) is 7.55. The van der Waals surface area contributed by atoms with Crippen molar-refractivity contribution in [2.75, 3.05) is 18.4 Å². The molecule has 0 aromatic carbocycles. The Labute approximate surface area is 127 Å². The van der Waals surface area contributed by atoms with Crippen molar-refractivity contribution >= 4 is 5.69 Å². The van der Waals surface area contributed by atoms with E-state index < -0.39 is 6.41 Å². The van der Waals surface area contributed by atoms with Gasteiger partial charge in [0.2, 0.25) is 6.41 Å². The van der Waals surface area contributed by atoms with Crippen LogP contribution < -0.4 is 5.32 Å². The van der Waals surface area contributed by atoms with Gasteiger partial charge in [0.05, 0.1) is 5.60 Å². The molecule has 5 heteroatoms. The molecular formula is C16H27N3O2. The molecule has 2 atom stereocenters. The molecule has 1 aliphatic heterocycles. The van der Waals surface area contributed by atoms with Crippen LogP contribution in [0.15, 0.2) is 12.1 Å². The van der Waals surface area contributed by atoms with Crippen LogP contribution in [0, 0.1) is 13.8 Å². The summed E-state index contributed by atoms with van der Waals surface area (Å²) in [5.74, 6) is 0. The van der Waals surface area contributed by atoms with Gasteiger partial charge in [0.25, 0.3) is 0 Å². The molecule has 0 aliphatic carbocycles. The third kappa shape index (κ3) is 4.95. The van der Waals surface area contributed by atoms with E-state index in [4.69, 9.17) is 4.74 Å². The molecule has 1 aliphatic rings. The quantitative estimate of drug-likeness (QED) is 0.834. The van der Waals surface area contributed by atoms with Crippen molar-refractivity contribution in [3.8, 4) is 0 Å². The van der Waals surface area contributed by atoms with E-state index in [0.717, 1.165) is 36.6 Å². The van der Waals surface area contributed by atoms with Gasteiger partial charge in [-0.15, -0.1) is 0 Å². The zero-order chi connectivity index (χ0) is 15.6. The number of rotatable bonds is 4. The van der Waals surface area contributed by atoms with E-state index in [9.17, 15) is 5.11 Å². The van der Waals surface area contributed by atoms with Gasteiger partial charge >= 0.3 is 0 Å². The second kappa shape index (κ2) is 6.30. The fourth-order valence-corrected chi connectivity index (χ4v) is 2.65. The molecule has 21 heavy (non-hydrogen) atoms. The highest BCUT2D eigenvalue weighted by Crippen LogP contribution is 2.20. The maximum atomic E-state index is 10.1. The lowest BCUT2D eigenvalue weighted by Crippen LogP contribution is -2.41. The van der Waals surface area contributed by atoms with Crippen molar-refractivity contribution < 1.29 is 9.84 Å². The molecule has 2 rings (SSSR count). The molecule has 118 valence electrons. The van der Waals surface area contributed by atoms with Gasteiger partial charge in [-0.2, -0.15) is 0 Å². The second-order valence-corrected chi connectivity index (χ2v) is 6.82. The van der Waals surface area contributed by atoms with Gasteiger partial charge in [0, 0.05) is 36.2 Å². The average molecular weight is 293 g/mol. The lowest BCUT2D eigenvalue weighted by Gasteiger charge is -2.29. The SMILES string of the molecule is Cc1cc(N[C@@H]2CCN(C(O)OC(C)(C)C)C2)cc(C)n1. The van der Waals surface area contributed by atoms with Gasteiger partial charge in [0.1, 0.15) is 0 Å². The molecule has 0 radical (unpaired) electrons. The Bertz CT molecular complexity index is 465. The number of nitrogens with zero attached hydrogens (tertiary/aromatic N) is 2. The van der Waals surface area contributed by atoms with Gasteiger partial charge in [-0.1, -0.05) is 0 Å². The van der Waals surface area contributed by atoms with Crippen LogP contribution in [0.1, 0.15) is 38.6 Å². The van der Waals surface area contributed by atoms with E-state index in [1.54, 1.807) is 0 Å². The zero-order valence-corrected chi connectivity index (χ0v) is 13.7. The van der Waals surface area contributed by atoms with Crippen LogP contribution in [0.5, 0.6) is 0 Å². The van der Waals surface area contributed by atoms with Gasteiger partial charge in [-0.25, -0.2) is 0 Å². The van der Waals surface area contributed by atoms with E-state index in [1.807, 2.05) is 39.5 Å². The number of ether oxygens (including phenoxy) is 1. The highest BCUT2D eigenvalue weighted by atomic mass is 16.6. The van der Waals surface area contributed by atoms with Crippen molar-refractivity contribution in [1.82, 2.24) is 9.88 Å². The molecule has 0 bridgehead atoms. The molecule has 0 amide bonds. The molecule has 0 saturated carbocycles. The molecule has 2 N–H and O–H groups in total. The minimum absolute atomic E-state index is 0.324. The first-order chi connectivity index (χ1) is 9.73. The normalized spacial score (nSPS) is 21.5. The van der Waals surface area contributed by atoms with Gasteiger partial charge in [-0.05, 0) is 53.2 Å². The number of aryl methyl sites for hydroxylation is 2. The van der Waals surface area contributed by atoms with Crippen molar-refractivity contribution in [3.05, 3.63) is 23.5 Å². The minimum Gasteiger partial charge on any atom is -0.381 e. The van der Waals surface area contributed by atoms with Gasteiger partial charge in [-0.3, -0.25) is 9.88 Å². The highest BCUT2D eigenvalue weighted by molar-refractivity contribution is 5.46. The lowest BCUT2D eigenvalue weighted by atomic mass is 10.2. The maximum Gasteiger partial charge on any atom is 0.216 e. The molecular weight excluding hydrogens is 266 g/mol. The summed E-state index contributed by atoms with van der Waals surface area (Å²) in [6.45, 7) is 11.5. The maximum absolute atomic E-state index is 10.1. The molecule has 2 heterocycles. The topological polar surface area (TPSA) is 57.6 Å². The lowest BCUT2D eigenvalue weighted by molar-refractivity contribution is -0.233. The standard InChI is InChI=1S/C16H27N3O2/c1-11-8-14(9-12(2)17-11)18-13-6-7-19(10-13)15(20)21-16(3,4)5/h8-9,13,15,20H,6-7,10H2,1-5H3,(H,17,18)/t13-,15?/m1/s1. The number of likely N-dealkylation sites (tertiary alicyclic amines) is 1. The number of hydrogen-bond donors (Lipinski definition) is 2. The van der Waals surface area contributed by atoms with E-state index in [-0.39, 0.29) is 5.60 Å². The Morgan fingerprint density at radius 2 is 1.95 bits per heavy atom. The van der Waals surface area contributed by atoms with Crippen LogP contribution in [0.4, 0.5) is 5.69 Å². The van der Waals surface area contributed by atoms with Crippen LogP contribution in [-0.2, 0) is 4.74 Å². The van der Waals surface area contributed by atoms with Crippen molar-refractivity contribution in [2.45, 2.75) is 59.1 Å². The van der Waals surface area contributed by atoms with Crippen molar-refractivity contribution in [3.63, 3.8) is 0 Å². The van der Waals surface area contributed by atoms with E-state index in [1.165, 1.54) is 0 Å². The number of anilines is 1. The Hall–Kier alpha value is -1.17. The van der Waals surface area contributed by atoms with Gasteiger partial charge in [0.15, 0.2) is 0 Å². The van der Waals surface area contributed by atoms with E-state index in [2.05, 4.69) is 22.4 Å². The second-order valence-electron chi connectivity index (χ2n) is 6.82. The summed E-state index contributed by atoms with van der Waals surface area (Å²) >= 11 is 0. The van der Waals surface area contributed by atoms with Crippen molar-refractivity contribution in [2.24, 2.45) is 0 Å². The van der Waals surface area contributed by atoms with Gasteiger partial charge < -0.3 is 15.2 Å². The summed E-state index contributed by atoms with van der Waals surface area (Å²) in [5.41, 5.74) is 2.79. The number of hydrogen-bond acceptors (Lipinski definition) is 5. The molecule has 1 fully saturated rings. The zero-order valence-electron chi connectivity index (χ0n) is 13.7.